The number of piperazine rings is 1. The summed E-state index contributed by atoms with van der Waals surface area (Å²) in [4.78, 5) is 4.52. The van der Waals surface area contributed by atoms with E-state index in [2.05, 4.69) is 15.1 Å². The minimum Gasteiger partial charge on any atom is -0.492 e. The molecule has 0 aromatic heterocycles. The largest absolute Gasteiger partial charge is 0.492 e. The van der Waals surface area contributed by atoms with Crippen LogP contribution in [0.4, 0.5) is 10.1 Å². The number of thiocarbonyl (C=S) groups is 1. The molecule has 0 unspecified atom stereocenters. The minimum absolute atomic E-state index is 0.247. The van der Waals surface area contributed by atoms with Gasteiger partial charge in [-0.15, -0.1) is 0 Å². The molecule has 1 N–H and O–H groups in total. The van der Waals surface area contributed by atoms with Gasteiger partial charge in [-0.2, -0.15) is 0 Å². The van der Waals surface area contributed by atoms with Gasteiger partial charge in [0.2, 0.25) is 0 Å². The molecule has 1 heterocycles. The highest BCUT2D eigenvalue weighted by Crippen LogP contribution is 2.11. The molecule has 0 radical (unpaired) electrons. The molecule has 0 spiro atoms. The van der Waals surface area contributed by atoms with E-state index in [9.17, 15) is 4.39 Å². The predicted molar refractivity (Wildman–Crippen MR) is 103 cm³/mol. The Balaban J connectivity index is 1.37. The normalized spacial score (nSPS) is 15.0. The summed E-state index contributed by atoms with van der Waals surface area (Å²) in [6, 6.07) is 16.1. The number of rotatable bonds is 5. The summed E-state index contributed by atoms with van der Waals surface area (Å²) in [5.74, 6) is 0.661. The van der Waals surface area contributed by atoms with Gasteiger partial charge in [-0.1, -0.05) is 18.2 Å². The van der Waals surface area contributed by atoms with Crippen LogP contribution in [-0.2, 0) is 0 Å². The Labute approximate surface area is 153 Å². The maximum Gasteiger partial charge on any atom is 0.173 e. The van der Waals surface area contributed by atoms with Crippen LogP contribution in [0.15, 0.2) is 54.6 Å². The standard InChI is InChI=1S/C19H22FN3OS/c20-16-6-8-17(9-7-16)21-19(25)23-12-10-22(11-13-23)14-15-24-18-4-2-1-3-5-18/h1-9H,10-15H2,(H,21,25). The summed E-state index contributed by atoms with van der Waals surface area (Å²) in [5, 5.41) is 3.85. The van der Waals surface area contributed by atoms with Gasteiger partial charge in [-0.25, -0.2) is 4.39 Å². The van der Waals surface area contributed by atoms with Crippen molar-refractivity contribution < 1.29 is 9.13 Å². The first-order valence-electron chi connectivity index (χ1n) is 8.42. The highest BCUT2D eigenvalue weighted by molar-refractivity contribution is 7.80. The Bertz CT molecular complexity index is 673. The zero-order chi connectivity index (χ0) is 17.5. The lowest BCUT2D eigenvalue weighted by atomic mass is 10.3. The van der Waals surface area contributed by atoms with Crippen molar-refractivity contribution in [1.29, 1.82) is 0 Å². The van der Waals surface area contributed by atoms with E-state index in [0.717, 1.165) is 44.2 Å². The van der Waals surface area contributed by atoms with E-state index in [0.29, 0.717) is 11.7 Å². The molecule has 1 saturated heterocycles. The molecular weight excluding hydrogens is 337 g/mol. The number of para-hydroxylation sites is 1. The number of hydrogen-bond acceptors (Lipinski definition) is 3. The van der Waals surface area contributed by atoms with E-state index in [1.54, 1.807) is 12.1 Å². The molecule has 3 rings (SSSR count). The molecule has 1 aliphatic rings. The third-order valence-corrected chi connectivity index (χ3v) is 4.53. The summed E-state index contributed by atoms with van der Waals surface area (Å²) >= 11 is 5.46. The second kappa shape index (κ2) is 8.78. The Kier molecular flexibility index (Phi) is 6.19. The van der Waals surface area contributed by atoms with Crippen molar-refractivity contribution in [3.8, 4) is 5.75 Å². The van der Waals surface area contributed by atoms with Crippen LogP contribution < -0.4 is 10.1 Å². The van der Waals surface area contributed by atoms with Crippen LogP contribution in [0.5, 0.6) is 5.75 Å². The Hall–Kier alpha value is -2.18. The molecule has 0 amide bonds. The number of nitrogens with one attached hydrogen (secondary N) is 1. The van der Waals surface area contributed by atoms with Gasteiger partial charge in [-0.05, 0) is 48.6 Å². The Morgan fingerprint density at radius 3 is 2.36 bits per heavy atom. The number of halogens is 1. The monoisotopic (exact) mass is 359 g/mol. The lowest BCUT2D eigenvalue weighted by Gasteiger charge is -2.36. The zero-order valence-corrected chi connectivity index (χ0v) is 14.8. The van der Waals surface area contributed by atoms with Gasteiger partial charge in [0.1, 0.15) is 18.2 Å². The highest BCUT2D eigenvalue weighted by atomic mass is 32.1. The fourth-order valence-electron chi connectivity index (χ4n) is 2.72. The van der Waals surface area contributed by atoms with E-state index < -0.39 is 0 Å². The van der Waals surface area contributed by atoms with Gasteiger partial charge >= 0.3 is 0 Å². The molecule has 1 aliphatic heterocycles. The average molecular weight is 359 g/mol. The Morgan fingerprint density at radius 2 is 1.68 bits per heavy atom. The molecule has 1 fully saturated rings. The summed E-state index contributed by atoms with van der Waals surface area (Å²) < 4.78 is 18.7. The number of hydrogen-bond donors (Lipinski definition) is 1. The molecule has 6 heteroatoms. The lowest BCUT2D eigenvalue weighted by Crippen LogP contribution is -2.50. The number of benzene rings is 2. The zero-order valence-electron chi connectivity index (χ0n) is 14.0. The molecule has 2 aromatic carbocycles. The van der Waals surface area contributed by atoms with Crippen LogP contribution in [0.2, 0.25) is 0 Å². The number of ether oxygens (including phenoxy) is 1. The van der Waals surface area contributed by atoms with Gasteiger partial charge in [-0.3, -0.25) is 4.90 Å². The van der Waals surface area contributed by atoms with Gasteiger partial charge < -0.3 is 15.0 Å². The van der Waals surface area contributed by atoms with Gasteiger partial charge in [0, 0.05) is 38.4 Å². The van der Waals surface area contributed by atoms with E-state index in [1.807, 2.05) is 30.3 Å². The van der Waals surface area contributed by atoms with Crippen molar-refractivity contribution in [2.24, 2.45) is 0 Å². The molecule has 0 aliphatic carbocycles. The van der Waals surface area contributed by atoms with Crippen molar-refractivity contribution in [2.75, 3.05) is 44.6 Å². The maximum atomic E-state index is 12.9. The first-order valence-corrected chi connectivity index (χ1v) is 8.83. The number of anilines is 1. The molecule has 0 atom stereocenters. The second-order valence-corrected chi connectivity index (χ2v) is 6.31. The second-order valence-electron chi connectivity index (χ2n) is 5.93. The lowest BCUT2D eigenvalue weighted by molar-refractivity contribution is 0.155. The van der Waals surface area contributed by atoms with Crippen LogP contribution in [0, 0.1) is 5.82 Å². The van der Waals surface area contributed by atoms with Crippen LogP contribution >= 0.6 is 12.2 Å². The first kappa shape index (κ1) is 17.6. The molecule has 0 saturated carbocycles. The van der Waals surface area contributed by atoms with Gasteiger partial charge in [0.25, 0.3) is 0 Å². The van der Waals surface area contributed by atoms with Crippen LogP contribution in [-0.4, -0.2) is 54.2 Å². The average Bonchev–Trinajstić information content (AvgIpc) is 2.65. The predicted octanol–water partition coefficient (Wildman–Crippen LogP) is 3.22. The van der Waals surface area contributed by atoms with Crippen molar-refractivity contribution in [1.82, 2.24) is 9.80 Å². The topological polar surface area (TPSA) is 27.7 Å². The van der Waals surface area contributed by atoms with Crippen LogP contribution in [0.1, 0.15) is 0 Å². The summed E-state index contributed by atoms with van der Waals surface area (Å²) in [7, 11) is 0. The Morgan fingerprint density at radius 1 is 1.00 bits per heavy atom. The van der Waals surface area contributed by atoms with E-state index in [-0.39, 0.29) is 5.82 Å². The molecule has 132 valence electrons. The molecule has 2 aromatic rings. The third-order valence-electron chi connectivity index (χ3n) is 4.17. The quantitative estimate of drug-likeness (QED) is 0.828. The van der Waals surface area contributed by atoms with Gasteiger partial charge in [0.15, 0.2) is 5.11 Å². The first-order chi connectivity index (χ1) is 12.2. The summed E-state index contributed by atoms with van der Waals surface area (Å²) in [6.45, 7) is 5.23. The van der Waals surface area contributed by atoms with E-state index >= 15 is 0 Å². The molecular formula is C19H22FN3OS. The molecule has 25 heavy (non-hydrogen) atoms. The maximum absolute atomic E-state index is 12.9. The summed E-state index contributed by atoms with van der Waals surface area (Å²) in [6.07, 6.45) is 0. The third kappa shape index (κ3) is 5.41. The van der Waals surface area contributed by atoms with Crippen molar-refractivity contribution >= 4 is 23.0 Å². The smallest absolute Gasteiger partial charge is 0.173 e. The fraction of sp³-hybridized carbons (Fsp3) is 0.316. The fourth-order valence-corrected chi connectivity index (χ4v) is 3.02. The number of nitrogens with zero attached hydrogens (tertiary/aromatic N) is 2. The van der Waals surface area contributed by atoms with Crippen molar-refractivity contribution in [3.05, 3.63) is 60.4 Å². The van der Waals surface area contributed by atoms with Crippen molar-refractivity contribution in [2.45, 2.75) is 0 Å². The van der Waals surface area contributed by atoms with E-state index in [1.165, 1.54) is 12.1 Å². The molecule has 0 bridgehead atoms. The minimum atomic E-state index is -0.247. The van der Waals surface area contributed by atoms with E-state index in [4.69, 9.17) is 17.0 Å². The summed E-state index contributed by atoms with van der Waals surface area (Å²) in [5.41, 5.74) is 0.810. The van der Waals surface area contributed by atoms with Crippen LogP contribution in [0.25, 0.3) is 0 Å². The highest BCUT2D eigenvalue weighted by Gasteiger charge is 2.18. The molecule has 4 nitrogen and oxygen atoms in total. The SMILES string of the molecule is Fc1ccc(NC(=S)N2CCN(CCOc3ccccc3)CC2)cc1. The van der Waals surface area contributed by atoms with Crippen molar-refractivity contribution in [3.63, 3.8) is 0 Å². The van der Waals surface area contributed by atoms with Crippen LogP contribution in [0.3, 0.4) is 0 Å². The van der Waals surface area contributed by atoms with Gasteiger partial charge in [0.05, 0.1) is 0 Å².